The highest BCUT2D eigenvalue weighted by atomic mass is 32.2. The van der Waals surface area contributed by atoms with Crippen LogP contribution in [-0.2, 0) is 10.2 Å². The molecule has 0 aromatic carbocycles. The summed E-state index contributed by atoms with van der Waals surface area (Å²) in [4.78, 5) is 0. The minimum Gasteiger partial charge on any atom is -0.216 e. The second-order valence-corrected chi connectivity index (χ2v) is 6.26. The second kappa shape index (κ2) is 4.39. The van der Waals surface area contributed by atoms with Crippen LogP contribution in [0.25, 0.3) is 0 Å². The molecule has 0 aromatic heterocycles. The molecular weight excluding hydrogens is 212 g/mol. The molecule has 1 heterocycles. The number of nitrogens with two attached hydrogens (primary N) is 1. The summed E-state index contributed by atoms with van der Waals surface area (Å²) in [6.07, 6.45) is 8.13. The Balaban J connectivity index is 2.07. The van der Waals surface area contributed by atoms with Gasteiger partial charge in [-0.25, -0.2) is 5.14 Å². The molecule has 0 bridgehead atoms. The maximum absolute atomic E-state index is 11.4. The highest BCUT2D eigenvalue weighted by Gasteiger charge is 2.37. The summed E-state index contributed by atoms with van der Waals surface area (Å²) in [7, 11) is -3.47. The summed E-state index contributed by atoms with van der Waals surface area (Å²) >= 11 is 0. The van der Waals surface area contributed by atoms with Crippen LogP contribution in [0, 0.1) is 5.92 Å². The van der Waals surface area contributed by atoms with Crippen molar-refractivity contribution in [3.8, 4) is 0 Å². The van der Waals surface area contributed by atoms with Crippen LogP contribution in [0.5, 0.6) is 0 Å². The molecule has 1 unspecified atom stereocenters. The van der Waals surface area contributed by atoms with E-state index in [4.69, 9.17) is 5.14 Å². The Morgan fingerprint density at radius 2 is 1.67 bits per heavy atom. The molecular formula is C10H20N2O2S. The first-order chi connectivity index (χ1) is 7.09. The molecule has 1 saturated heterocycles. The van der Waals surface area contributed by atoms with Crippen LogP contribution in [0.2, 0.25) is 0 Å². The van der Waals surface area contributed by atoms with Gasteiger partial charge in [0.1, 0.15) is 0 Å². The number of rotatable bonds is 2. The van der Waals surface area contributed by atoms with Crippen LogP contribution in [0.4, 0.5) is 0 Å². The van der Waals surface area contributed by atoms with Gasteiger partial charge in [-0.3, -0.25) is 0 Å². The van der Waals surface area contributed by atoms with Gasteiger partial charge in [0.05, 0.1) is 0 Å². The molecule has 1 atom stereocenters. The normalized spacial score (nSPS) is 30.9. The van der Waals surface area contributed by atoms with E-state index in [1.807, 2.05) is 0 Å². The average molecular weight is 232 g/mol. The van der Waals surface area contributed by atoms with Crippen molar-refractivity contribution in [3.63, 3.8) is 0 Å². The van der Waals surface area contributed by atoms with Gasteiger partial charge in [-0.15, -0.1) is 0 Å². The van der Waals surface area contributed by atoms with Gasteiger partial charge in [0.2, 0.25) is 0 Å². The molecule has 2 fully saturated rings. The summed E-state index contributed by atoms with van der Waals surface area (Å²) in [5.41, 5.74) is 0. The number of nitrogens with zero attached hydrogens (tertiary/aromatic N) is 1. The fourth-order valence-corrected chi connectivity index (χ4v) is 4.11. The van der Waals surface area contributed by atoms with Gasteiger partial charge in [0.25, 0.3) is 10.2 Å². The summed E-state index contributed by atoms with van der Waals surface area (Å²) in [5, 5.41) is 5.24. The second-order valence-electron chi connectivity index (χ2n) is 4.76. The number of hydrogen-bond acceptors (Lipinski definition) is 2. The zero-order valence-corrected chi connectivity index (χ0v) is 9.88. The molecule has 2 aliphatic rings. The van der Waals surface area contributed by atoms with Gasteiger partial charge in [0, 0.05) is 12.6 Å². The third kappa shape index (κ3) is 2.52. The van der Waals surface area contributed by atoms with Crippen LogP contribution < -0.4 is 5.14 Å². The van der Waals surface area contributed by atoms with Crippen molar-refractivity contribution in [1.29, 1.82) is 0 Å². The lowest BCUT2D eigenvalue weighted by atomic mass is 9.83. The van der Waals surface area contributed by atoms with Crippen LogP contribution in [0.1, 0.15) is 44.9 Å². The molecule has 88 valence electrons. The fourth-order valence-electron chi connectivity index (χ4n) is 3.07. The van der Waals surface area contributed by atoms with E-state index in [9.17, 15) is 8.42 Å². The standard InChI is InChI=1S/C10H20N2O2S/c11-15(13,14)12-8-4-7-10(12)9-5-2-1-3-6-9/h9-10H,1-8H2,(H2,11,13,14). The van der Waals surface area contributed by atoms with E-state index in [1.165, 1.54) is 36.4 Å². The zero-order chi connectivity index (χ0) is 10.9. The molecule has 15 heavy (non-hydrogen) atoms. The minimum absolute atomic E-state index is 0.195. The topological polar surface area (TPSA) is 63.4 Å². The lowest BCUT2D eigenvalue weighted by Gasteiger charge is -2.32. The Kier molecular flexibility index (Phi) is 3.33. The summed E-state index contributed by atoms with van der Waals surface area (Å²) in [6, 6.07) is 0.195. The Morgan fingerprint density at radius 1 is 1.00 bits per heavy atom. The van der Waals surface area contributed by atoms with Crippen molar-refractivity contribution in [1.82, 2.24) is 4.31 Å². The van der Waals surface area contributed by atoms with Crippen molar-refractivity contribution in [3.05, 3.63) is 0 Å². The largest absolute Gasteiger partial charge is 0.277 e. The highest BCUT2D eigenvalue weighted by molar-refractivity contribution is 7.86. The summed E-state index contributed by atoms with van der Waals surface area (Å²) < 4.78 is 24.3. The SMILES string of the molecule is NS(=O)(=O)N1CCCC1C1CCCCC1. The third-order valence-electron chi connectivity index (χ3n) is 3.77. The molecule has 0 spiro atoms. The Labute approximate surface area is 92.0 Å². The molecule has 0 amide bonds. The summed E-state index contributed by atoms with van der Waals surface area (Å²) in [5.74, 6) is 0.555. The Morgan fingerprint density at radius 3 is 2.27 bits per heavy atom. The van der Waals surface area contributed by atoms with E-state index < -0.39 is 10.2 Å². The molecule has 1 aliphatic heterocycles. The summed E-state index contributed by atoms with van der Waals surface area (Å²) in [6.45, 7) is 0.625. The van der Waals surface area contributed by atoms with Crippen LogP contribution >= 0.6 is 0 Å². The van der Waals surface area contributed by atoms with Crippen LogP contribution in [0.3, 0.4) is 0 Å². The lowest BCUT2D eigenvalue weighted by molar-refractivity contribution is 0.226. The van der Waals surface area contributed by atoms with E-state index in [-0.39, 0.29) is 6.04 Å². The predicted molar refractivity (Wildman–Crippen MR) is 59.4 cm³/mol. The predicted octanol–water partition coefficient (Wildman–Crippen LogP) is 1.23. The molecule has 0 radical (unpaired) electrons. The average Bonchev–Trinajstić information content (AvgIpc) is 2.67. The van der Waals surface area contributed by atoms with Crippen LogP contribution in [0.15, 0.2) is 0 Å². The van der Waals surface area contributed by atoms with Gasteiger partial charge in [0.15, 0.2) is 0 Å². The van der Waals surface area contributed by atoms with E-state index in [2.05, 4.69) is 0 Å². The monoisotopic (exact) mass is 232 g/mol. The van der Waals surface area contributed by atoms with Gasteiger partial charge in [-0.1, -0.05) is 19.3 Å². The molecule has 5 heteroatoms. The van der Waals surface area contributed by atoms with E-state index in [0.29, 0.717) is 12.5 Å². The van der Waals surface area contributed by atoms with E-state index in [0.717, 1.165) is 12.8 Å². The van der Waals surface area contributed by atoms with Gasteiger partial charge in [-0.05, 0) is 31.6 Å². The van der Waals surface area contributed by atoms with Crippen molar-refractivity contribution < 1.29 is 8.42 Å². The van der Waals surface area contributed by atoms with Crippen molar-refractivity contribution in [2.75, 3.05) is 6.54 Å². The minimum atomic E-state index is -3.47. The quantitative estimate of drug-likeness (QED) is 0.778. The third-order valence-corrected chi connectivity index (χ3v) is 4.88. The Bertz CT molecular complexity index is 309. The van der Waals surface area contributed by atoms with Gasteiger partial charge in [-0.2, -0.15) is 12.7 Å². The molecule has 0 aromatic rings. The maximum atomic E-state index is 11.4. The van der Waals surface area contributed by atoms with Crippen LogP contribution in [-0.4, -0.2) is 25.3 Å². The first kappa shape index (κ1) is 11.4. The smallest absolute Gasteiger partial charge is 0.216 e. The van der Waals surface area contributed by atoms with Crippen molar-refractivity contribution >= 4 is 10.2 Å². The van der Waals surface area contributed by atoms with E-state index in [1.54, 1.807) is 0 Å². The molecule has 4 nitrogen and oxygen atoms in total. The van der Waals surface area contributed by atoms with Gasteiger partial charge < -0.3 is 0 Å². The molecule has 1 aliphatic carbocycles. The zero-order valence-electron chi connectivity index (χ0n) is 9.06. The van der Waals surface area contributed by atoms with E-state index >= 15 is 0 Å². The molecule has 2 N–H and O–H groups in total. The highest BCUT2D eigenvalue weighted by Crippen LogP contribution is 2.34. The van der Waals surface area contributed by atoms with Crippen molar-refractivity contribution in [2.45, 2.75) is 51.0 Å². The fraction of sp³-hybridized carbons (Fsp3) is 1.00. The Hall–Kier alpha value is -0.130. The maximum Gasteiger partial charge on any atom is 0.277 e. The number of hydrogen-bond donors (Lipinski definition) is 1. The van der Waals surface area contributed by atoms with Gasteiger partial charge >= 0.3 is 0 Å². The molecule has 1 saturated carbocycles. The first-order valence-corrected chi connectivity index (χ1v) is 7.39. The van der Waals surface area contributed by atoms with Crippen molar-refractivity contribution in [2.24, 2.45) is 11.1 Å². The first-order valence-electron chi connectivity index (χ1n) is 5.88. The lowest BCUT2D eigenvalue weighted by Crippen LogP contribution is -2.44. The molecule has 2 rings (SSSR count).